The Morgan fingerprint density at radius 3 is 2.09 bits per heavy atom. The molecule has 0 bridgehead atoms. The fourth-order valence-corrected chi connectivity index (χ4v) is 6.86. The number of thiophene rings is 1. The van der Waals surface area contributed by atoms with Crippen LogP contribution in [0, 0.1) is 0 Å². The molecule has 0 aliphatic rings. The minimum atomic E-state index is -1.22. The third kappa shape index (κ3) is 13.5. The van der Waals surface area contributed by atoms with Crippen molar-refractivity contribution in [2.24, 2.45) is 22.2 Å². The topological polar surface area (TPSA) is 282 Å². The molecule has 56 heavy (non-hydrogen) atoms. The van der Waals surface area contributed by atoms with Crippen LogP contribution in [0.1, 0.15) is 49.4 Å². The van der Waals surface area contributed by atoms with E-state index >= 15 is 0 Å². The lowest BCUT2D eigenvalue weighted by Gasteiger charge is -2.26. The number of nitrogens with two attached hydrogens (primary N) is 3. The number of amides is 6. The zero-order valence-electron chi connectivity index (χ0n) is 31.1. The Morgan fingerprint density at radius 2 is 1.43 bits per heavy atom. The monoisotopic (exact) mass is 787 g/mol. The van der Waals surface area contributed by atoms with Crippen molar-refractivity contribution in [2.75, 3.05) is 13.1 Å². The van der Waals surface area contributed by atoms with E-state index in [4.69, 9.17) is 17.2 Å². The van der Waals surface area contributed by atoms with Gasteiger partial charge in [0.25, 0.3) is 0 Å². The number of hydrogen-bond donors (Lipinski definition) is 9. The first kappa shape index (κ1) is 42.4. The van der Waals surface area contributed by atoms with E-state index in [1.165, 1.54) is 23.9 Å². The van der Waals surface area contributed by atoms with E-state index in [0.29, 0.717) is 12.1 Å². The molecule has 0 radical (unpaired) electrons. The lowest BCUT2D eigenvalue weighted by Crippen LogP contribution is -2.59. The summed E-state index contributed by atoms with van der Waals surface area (Å²) in [5, 5.41) is 16.3. The predicted octanol–water partition coefficient (Wildman–Crippen LogP) is 0.0467. The number of imidazole rings is 1. The Balaban J connectivity index is 1.60. The van der Waals surface area contributed by atoms with Gasteiger partial charge in [-0.2, -0.15) is 0 Å². The lowest BCUT2D eigenvalue weighted by molar-refractivity contribution is -0.134. The molecule has 2 aromatic carbocycles. The molecular weight excluding hydrogens is 739 g/mol. The minimum Gasteiger partial charge on any atom is -0.370 e. The Kier molecular flexibility index (Phi) is 16.3. The number of carbonyl (C=O) groups is 6. The fourth-order valence-electron chi connectivity index (χ4n) is 5.88. The molecule has 2 heterocycles. The molecule has 4 rings (SSSR count). The number of carbonyl (C=O) groups excluding carboxylic acids is 6. The molecule has 12 N–H and O–H groups in total. The molecular formula is C38H49N11O6S. The van der Waals surface area contributed by atoms with E-state index in [-0.39, 0.29) is 56.9 Å². The smallest absolute Gasteiger partial charge is 0.243 e. The van der Waals surface area contributed by atoms with Gasteiger partial charge in [0.1, 0.15) is 24.2 Å². The van der Waals surface area contributed by atoms with Gasteiger partial charge in [-0.15, -0.1) is 11.3 Å². The van der Waals surface area contributed by atoms with Crippen LogP contribution in [0.3, 0.4) is 0 Å². The van der Waals surface area contributed by atoms with Crippen molar-refractivity contribution in [3.05, 3.63) is 89.3 Å². The summed E-state index contributed by atoms with van der Waals surface area (Å²) in [6.45, 7) is 1.53. The van der Waals surface area contributed by atoms with Gasteiger partial charge in [-0.25, -0.2) is 4.98 Å². The molecule has 0 fully saturated rings. The van der Waals surface area contributed by atoms with Gasteiger partial charge in [0.15, 0.2) is 5.96 Å². The normalized spacial score (nSPS) is 13.0. The first-order valence-corrected chi connectivity index (χ1v) is 19.1. The highest BCUT2D eigenvalue weighted by Gasteiger charge is 2.32. The summed E-state index contributed by atoms with van der Waals surface area (Å²) in [6, 6.07) is 12.0. The maximum Gasteiger partial charge on any atom is 0.243 e. The van der Waals surface area contributed by atoms with Gasteiger partial charge in [-0.1, -0.05) is 55.5 Å². The van der Waals surface area contributed by atoms with Crippen molar-refractivity contribution in [2.45, 2.75) is 76.0 Å². The maximum atomic E-state index is 14.2. The van der Waals surface area contributed by atoms with Crippen LogP contribution >= 0.6 is 11.3 Å². The summed E-state index contributed by atoms with van der Waals surface area (Å²) in [4.78, 5) is 90.6. The summed E-state index contributed by atoms with van der Waals surface area (Å²) in [5.41, 5.74) is 18.4. The molecule has 298 valence electrons. The zero-order valence-corrected chi connectivity index (χ0v) is 31.9. The molecule has 17 nitrogen and oxygen atoms in total. The number of hydrogen-bond acceptors (Lipinski definition) is 9. The lowest BCUT2D eigenvalue weighted by atomic mass is 10.0. The SMILES string of the molecule is CCCC(=O)N[C@@H](Cc1cnc[nH]1)C(=O)N[C@@H](Cc1ccccc1)C(=O)N[C@@H](CCCN=C(N)N)C(=O)N[C@H](Cc1csc2ccccc12)C(=O)NCC(N)=O. The summed E-state index contributed by atoms with van der Waals surface area (Å²) in [5.74, 6) is -3.91. The number of aliphatic imine (C=N–C) groups is 1. The Hall–Kier alpha value is -6.30. The number of fused-ring (bicyclic) bond motifs is 1. The van der Waals surface area contributed by atoms with E-state index < -0.39 is 60.2 Å². The van der Waals surface area contributed by atoms with E-state index in [1.54, 1.807) is 24.3 Å². The first-order valence-electron chi connectivity index (χ1n) is 18.2. The van der Waals surface area contributed by atoms with Gasteiger partial charge in [0.05, 0.1) is 12.9 Å². The van der Waals surface area contributed by atoms with Gasteiger partial charge in [-0.05, 0) is 47.2 Å². The number of aromatic nitrogens is 2. The highest BCUT2D eigenvalue weighted by atomic mass is 32.1. The van der Waals surface area contributed by atoms with Crippen molar-refractivity contribution in [3.63, 3.8) is 0 Å². The number of benzene rings is 2. The molecule has 0 aliphatic carbocycles. The maximum absolute atomic E-state index is 14.2. The number of nitrogens with zero attached hydrogens (tertiary/aromatic N) is 2. The van der Waals surface area contributed by atoms with Crippen molar-refractivity contribution >= 4 is 62.8 Å². The first-order chi connectivity index (χ1) is 26.9. The number of nitrogens with one attached hydrogen (secondary N) is 6. The molecule has 4 atom stereocenters. The standard InChI is InChI=1S/C38H49N11O6S/c1-2-9-33(51)46-30(18-25-19-42-22-45-25)37(55)48-28(16-23-10-4-3-5-11-23)36(54)47-27(13-8-15-43-38(40)41)35(53)49-29(34(52)44-20-32(39)50)17-24-21-56-31-14-7-6-12-26(24)31/h3-7,10-12,14,19,21-22,27-30H,2,8-9,13,15-18,20H2,1H3,(H2,39,50)(H,42,45)(H,44,52)(H,46,51)(H,47,54)(H,48,55)(H,49,53)(H4,40,41,43)/t27-,28-,29+,30-/m0/s1. The third-order valence-corrected chi connectivity index (χ3v) is 9.67. The minimum absolute atomic E-state index is 0.0455. The third-order valence-electron chi connectivity index (χ3n) is 8.66. The summed E-state index contributed by atoms with van der Waals surface area (Å²) in [7, 11) is 0. The Labute approximate surface area is 328 Å². The van der Waals surface area contributed by atoms with Gasteiger partial charge in [-0.3, -0.25) is 33.8 Å². The summed E-state index contributed by atoms with van der Waals surface area (Å²) < 4.78 is 0.984. The molecule has 4 aromatic rings. The van der Waals surface area contributed by atoms with Crippen LogP contribution in [-0.4, -0.2) is 88.6 Å². The summed E-state index contributed by atoms with van der Waals surface area (Å²) >= 11 is 1.48. The highest BCUT2D eigenvalue weighted by Crippen LogP contribution is 2.26. The number of rotatable bonds is 22. The van der Waals surface area contributed by atoms with Gasteiger partial charge in [0.2, 0.25) is 35.4 Å². The van der Waals surface area contributed by atoms with Crippen molar-refractivity contribution < 1.29 is 28.8 Å². The molecule has 0 saturated carbocycles. The second kappa shape index (κ2) is 21.6. The molecule has 2 aromatic heterocycles. The Morgan fingerprint density at radius 1 is 0.786 bits per heavy atom. The quantitative estimate of drug-likeness (QED) is 0.0295. The van der Waals surface area contributed by atoms with E-state index in [0.717, 1.165) is 21.2 Å². The molecule has 0 aliphatic heterocycles. The number of H-pyrrole nitrogens is 1. The predicted molar refractivity (Wildman–Crippen MR) is 213 cm³/mol. The molecule has 0 spiro atoms. The Bertz CT molecular complexity index is 1960. The number of guanidine groups is 1. The van der Waals surface area contributed by atoms with Gasteiger partial charge < -0.3 is 48.8 Å². The van der Waals surface area contributed by atoms with E-state index in [1.807, 2.05) is 42.6 Å². The largest absolute Gasteiger partial charge is 0.370 e. The molecule has 18 heteroatoms. The number of aromatic amines is 1. The van der Waals surface area contributed by atoms with Crippen LogP contribution in [0.4, 0.5) is 0 Å². The van der Waals surface area contributed by atoms with Crippen LogP contribution < -0.4 is 43.8 Å². The van der Waals surface area contributed by atoms with Crippen molar-refractivity contribution in [1.82, 2.24) is 36.6 Å². The van der Waals surface area contributed by atoms with Gasteiger partial charge in [0, 0.05) is 48.8 Å². The molecule has 0 unspecified atom stereocenters. The molecule has 6 amide bonds. The average Bonchev–Trinajstić information content (AvgIpc) is 3.84. The van der Waals surface area contributed by atoms with Crippen LogP contribution in [0.25, 0.3) is 10.1 Å². The highest BCUT2D eigenvalue weighted by molar-refractivity contribution is 7.17. The fraction of sp³-hybridized carbons (Fsp3) is 0.368. The van der Waals surface area contributed by atoms with Crippen molar-refractivity contribution in [3.8, 4) is 0 Å². The summed E-state index contributed by atoms with van der Waals surface area (Å²) in [6.07, 6.45) is 4.25. The molecule has 0 saturated heterocycles. The van der Waals surface area contributed by atoms with Crippen molar-refractivity contribution in [1.29, 1.82) is 0 Å². The van der Waals surface area contributed by atoms with E-state index in [9.17, 15) is 28.8 Å². The van der Waals surface area contributed by atoms with Gasteiger partial charge >= 0.3 is 0 Å². The van der Waals surface area contributed by atoms with Crippen LogP contribution in [0.2, 0.25) is 0 Å². The second-order valence-electron chi connectivity index (χ2n) is 13.1. The average molecular weight is 788 g/mol. The van der Waals surface area contributed by atoms with Crippen LogP contribution in [-0.2, 0) is 48.0 Å². The second-order valence-corrected chi connectivity index (χ2v) is 14.0. The van der Waals surface area contributed by atoms with Crippen LogP contribution in [0.15, 0.2) is 77.5 Å². The number of primary amides is 1. The van der Waals surface area contributed by atoms with E-state index in [2.05, 4.69) is 41.5 Å². The van der Waals surface area contributed by atoms with Crippen LogP contribution in [0.5, 0.6) is 0 Å². The zero-order chi connectivity index (χ0) is 40.5.